The minimum absolute atomic E-state index is 0.0418. The molecule has 0 spiro atoms. The second-order valence-electron chi connectivity index (χ2n) is 5.72. The molecule has 1 atom stereocenters. The fraction of sp³-hybridized carbons (Fsp3) is 0.632. The third-order valence-electron chi connectivity index (χ3n) is 3.88. The van der Waals surface area contributed by atoms with E-state index < -0.39 is 0 Å². The van der Waals surface area contributed by atoms with Gasteiger partial charge in [-0.2, -0.15) is 0 Å². The van der Waals surface area contributed by atoms with E-state index in [2.05, 4.69) is 38.1 Å². The van der Waals surface area contributed by atoms with Crippen LogP contribution in [0.3, 0.4) is 0 Å². The smallest absolute Gasteiger partial charge is 0.305 e. The SMILES string of the molecule is CCCCCC(CCC(=O)OCCCC)c1ccccc1. The maximum absolute atomic E-state index is 11.8. The molecule has 118 valence electrons. The molecule has 0 aromatic heterocycles. The van der Waals surface area contributed by atoms with Gasteiger partial charge in [0.05, 0.1) is 6.61 Å². The number of rotatable bonds is 11. The van der Waals surface area contributed by atoms with Gasteiger partial charge < -0.3 is 4.74 Å². The lowest BCUT2D eigenvalue weighted by molar-refractivity contribution is -0.143. The predicted octanol–water partition coefficient (Wildman–Crippen LogP) is 5.47. The van der Waals surface area contributed by atoms with E-state index in [0.29, 0.717) is 18.9 Å². The minimum Gasteiger partial charge on any atom is -0.466 e. The third kappa shape index (κ3) is 7.89. The molecule has 1 unspecified atom stereocenters. The Balaban J connectivity index is 2.43. The average Bonchev–Trinajstić information content (AvgIpc) is 2.52. The van der Waals surface area contributed by atoms with Crippen molar-refractivity contribution < 1.29 is 9.53 Å². The first-order chi connectivity index (χ1) is 10.3. The third-order valence-corrected chi connectivity index (χ3v) is 3.88. The van der Waals surface area contributed by atoms with Gasteiger partial charge in [0.15, 0.2) is 0 Å². The first-order valence-electron chi connectivity index (χ1n) is 8.48. The molecule has 2 heteroatoms. The Kier molecular flexibility index (Phi) is 9.60. The quantitative estimate of drug-likeness (QED) is 0.399. The van der Waals surface area contributed by atoms with Crippen molar-refractivity contribution in [1.82, 2.24) is 0 Å². The van der Waals surface area contributed by atoms with Crippen molar-refractivity contribution >= 4 is 5.97 Å². The molecule has 0 fully saturated rings. The highest BCUT2D eigenvalue weighted by molar-refractivity contribution is 5.69. The molecule has 0 amide bonds. The first-order valence-corrected chi connectivity index (χ1v) is 8.48. The molecular weight excluding hydrogens is 260 g/mol. The molecule has 0 aliphatic rings. The van der Waals surface area contributed by atoms with Gasteiger partial charge in [0.25, 0.3) is 0 Å². The van der Waals surface area contributed by atoms with Crippen LogP contribution in [0.25, 0.3) is 0 Å². The topological polar surface area (TPSA) is 26.3 Å². The number of benzene rings is 1. The number of esters is 1. The van der Waals surface area contributed by atoms with Gasteiger partial charge in [-0.15, -0.1) is 0 Å². The Bertz CT molecular complexity index is 372. The van der Waals surface area contributed by atoms with Crippen LogP contribution in [0, 0.1) is 0 Å². The standard InChI is InChI=1S/C19H30O2/c1-3-5-8-11-18(17-12-9-7-10-13-17)14-15-19(20)21-16-6-4-2/h7,9-10,12-13,18H,3-6,8,11,14-16H2,1-2H3. The molecule has 21 heavy (non-hydrogen) atoms. The van der Waals surface area contributed by atoms with E-state index in [1.807, 2.05) is 6.07 Å². The van der Waals surface area contributed by atoms with E-state index in [-0.39, 0.29) is 5.97 Å². The van der Waals surface area contributed by atoms with E-state index in [0.717, 1.165) is 19.3 Å². The summed E-state index contributed by atoms with van der Waals surface area (Å²) in [5, 5.41) is 0. The molecule has 2 nitrogen and oxygen atoms in total. The summed E-state index contributed by atoms with van der Waals surface area (Å²) >= 11 is 0. The number of unbranched alkanes of at least 4 members (excludes halogenated alkanes) is 3. The second-order valence-corrected chi connectivity index (χ2v) is 5.72. The molecule has 1 rings (SSSR count). The summed E-state index contributed by atoms with van der Waals surface area (Å²) in [5.74, 6) is 0.441. The molecule has 0 bridgehead atoms. The molecule has 1 aromatic carbocycles. The molecule has 0 radical (unpaired) electrons. The van der Waals surface area contributed by atoms with Gasteiger partial charge in [-0.25, -0.2) is 0 Å². The van der Waals surface area contributed by atoms with Gasteiger partial charge in [0.1, 0.15) is 0 Å². The summed E-state index contributed by atoms with van der Waals surface area (Å²) in [4.78, 5) is 11.8. The number of carbonyl (C=O) groups is 1. The van der Waals surface area contributed by atoms with Crippen molar-refractivity contribution in [2.75, 3.05) is 6.61 Å². The van der Waals surface area contributed by atoms with Crippen LogP contribution in [0.4, 0.5) is 0 Å². The summed E-state index contributed by atoms with van der Waals surface area (Å²) < 4.78 is 5.26. The van der Waals surface area contributed by atoms with Gasteiger partial charge >= 0.3 is 5.97 Å². The average molecular weight is 290 g/mol. The summed E-state index contributed by atoms with van der Waals surface area (Å²) in [6, 6.07) is 10.6. The number of carbonyl (C=O) groups excluding carboxylic acids is 1. The van der Waals surface area contributed by atoms with Gasteiger partial charge in [-0.3, -0.25) is 4.79 Å². The van der Waals surface area contributed by atoms with Crippen molar-refractivity contribution in [2.45, 2.75) is 71.1 Å². The Hall–Kier alpha value is -1.31. The van der Waals surface area contributed by atoms with Gasteiger partial charge in [-0.05, 0) is 30.7 Å². The Labute approximate surface area is 129 Å². The van der Waals surface area contributed by atoms with Gasteiger partial charge in [0, 0.05) is 6.42 Å². The molecule has 0 saturated heterocycles. The Morgan fingerprint density at radius 2 is 1.71 bits per heavy atom. The van der Waals surface area contributed by atoms with Crippen molar-refractivity contribution in [1.29, 1.82) is 0 Å². The van der Waals surface area contributed by atoms with E-state index in [1.54, 1.807) is 0 Å². The van der Waals surface area contributed by atoms with Crippen molar-refractivity contribution in [2.24, 2.45) is 0 Å². The molecule has 0 aliphatic heterocycles. The lowest BCUT2D eigenvalue weighted by atomic mass is 9.89. The lowest BCUT2D eigenvalue weighted by Crippen LogP contribution is -2.08. The number of ether oxygens (including phenoxy) is 1. The Morgan fingerprint density at radius 1 is 1.00 bits per heavy atom. The summed E-state index contributed by atoms with van der Waals surface area (Å²) in [7, 11) is 0. The fourth-order valence-corrected chi connectivity index (χ4v) is 2.54. The van der Waals surface area contributed by atoms with Crippen molar-refractivity contribution in [3.63, 3.8) is 0 Å². The van der Waals surface area contributed by atoms with Crippen LogP contribution in [0.15, 0.2) is 30.3 Å². The highest BCUT2D eigenvalue weighted by Crippen LogP contribution is 2.27. The lowest BCUT2D eigenvalue weighted by Gasteiger charge is -2.17. The van der Waals surface area contributed by atoms with Crippen LogP contribution in [0.1, 0.15) is 76.7 Å². The molecule has 0 heterocycles. The Morgan fingerprint density at radius 3 is 2.38 bits per heavy atom. The molecule has 1 aromatic rings. The van der Waals surface area contributed by atoms with Crippen LogP contribution in [-0.4, -0.2) is 12.6 Å². The van der Waals surface area contributed by atoms with E-state index in [9.17, 15) is 4.79 Å². The zero-order chi connectivity index (χ0) is 15.3. The van der Waals surface area contributed by atoms with Crippen LogP contribution in [0.2, 0.25) is 0 Å². The minimum atomic E-state index is -0.0418. The summed E-state index contributed by atoms with van der Waals surface area (Å²) in [5.41, 5.74) is 1.36. The normalized spacial score (nSPS) is 12.1. The zero-order valence-corrected chi connectivity index (χ0v) is 13.6. The van der Waals surface area contributed by atoms with Crippen LogP contribution >= 0.6 is 0 Å². The highest BCUT2D eigenvalue weighted by Gasteiger charge is 2.13. The zero-order valence-electron chi connectivity index (χ0n) is 13.6. The van der Waals surface area contributed by atoms with E-state index in [1.165, 1.54) is 31.2 Å². The van der Waals surface area contributed by atoms with Crippen molar-refractivity contribution in [3.05, 3.63) is 35.9 Å². The monoisotopic (exact) mass is 290 g/mol. The first kappa shape index (κ1) is 17.7. The second kappa shape index (κ2) is 11.4. The maximum atomic E-state index is 11.8. The largest absolute Gasteiger partial charge is 0.466 e. The van der Waals surface area contributed by atoms with E-state index in [4.69, 9.17) is 4.74 Å². The molecule has 0 saturated carbocycles. The van der Waals surface area contributed by atoms with Crippen LogP contribution < -0.4 is 0 Å². The van der Waals surface area contributed by atoms with Crippen LogP contribution in [-0.2, 0) is 9.53 Å². The molecule has 0 aliphatic carbocycles. The van der Waals surface area contributed by atoms with Crippen LogP contribution in [0.5, 0.6) is 0 Å². The molecular formula is C19H30O2. The number of hydrogen-bond donors (Lipinski definition) is 0. The predicted molar refractivity (Wildman–Crippen MR) is 88.4 cm³/mol. The maximum Gasteiger partial charge on any atom is 0.305 e. The summed E-state index contributed by atoms with van der Waals surface area (Å²) in [6.07, 6.45) is 8.38. The van der Waals surface area contributed by atoms with Gasteiger partial charge in [0.2, 0.25) is 0 Å². The fourth-order valence-electron chi connectivity index (χ4n) is 2.54. The van der Waals surface area contributed by atoms with Gasteiger partial charge in [-0.1, -0.05) is 69.9 Å². The highest BCUT2D eigenvalue weighted by atomic mass is 16.5. The molecule has 0 N–H and O–H groups in total. The summed E-state index contributed by atoms with van der Waals surface area (Å²) in [6.45, 7) is 4.90. The van der Waals surface area contributed by atoms with E-state index >= 15 is 0 Å². The van der Waals surface area contributed by atoms with Crippen molar-refractivity contribution in [3.8, 4) is 0 Å². The number of hydrogen-bond acceptors (Lipinski definition) is 2.